The summed E-state index contributed by atoms with van der Waals surface area (Å²) in [6, 6.07) is 9.24. The Hall–Kier alpha value is -1.62. The largest absolute Gasteiger partial charge is 0.304 e. The number of carbonyl (C=O) groups excluding carboxylic acids is 1. The standard InChI is InChI=1S/C21H25NO3S/c23-20(21-11-15-8-16(12-21)10-17(9-15)13-21)22(18-4-2-1-3-5-18)19-6-7-26(24,25)14-19/h1-7,15-17,19H,8-14H2/t15?,16?,17?,19-,21?/m0/s1. The highest BCUT2D eigenvalue weighted by atomic mass is 32.2. The van der Waals surface area contributed by atoms with Crippen LogP contribution in [-0.4, -0.2) is 26.1 Å². The first-order valence-electron chi connectivity index (χ1n) is 9.74. The minimum absolute atomic E-state index is 0.000000000000000444. The number of hydrogen-bond acceptors (Lipinski definition) is 3. The van der Waals surface area contributed by atoms with E-state index < -0.39 is 9.84 Å². The van der Waals surface area contributed by atoms with Crippen molar-refractivity contribution in [1.29, 1.82) is 0 Å². The molecule has 0 saturated heterocycles. The van der Waals surface area contributed by atoms with Gasteiger partial charge in [-0.3, -0.25) is 4.79 Å². The molecule has 1 aliphatic heterocycles. The Bertz CT molecular complexity index is 823. The Kier molecular flexibility index (Phi) is 3.62. The summed E-state index contributed by atoms with van der Waals surface area (Å²) in [6.07, 6.45) is 8.53. The van der Waals surface area contributed by atoms with Crippen LogP contribution in [0.2, 0.25) is 0 Å². The summed E-state index contributed by atoms with van der Waals surface area (Å²) >= 11 is 0. The molecule has 0 radical (unpaired) electrons. The Morgan fingerprint density at radius 1 is 0.962 bits per heavy atom. The van der Waals surface area contributed by atoms with E-state index in [1.165, 1.54) is 24.7 Å². The highest BCUT2D eigenvalue weighted by molar-refractivity contribution is 7.94. The number of hydrogen-bond donors (Lipinski definition) is 0. The van der Waals surface area contributed by atoms with E-state index >= 15 is 0 Å². The van der Waals surface area contributed by atoms with E-state index in [-0.39, 0.29) is 23.1 Å². The van der Waals surface area contributed by atoms with Crippen molar-refractivity contribution in [2.45, 2.75) is 44.6 Å². The van der Waals surface area contributed by atoms with Gasteiger partial charge in [0.15, 0.2) is 9.84 Å². The van der Waals surface area contributed by atoms with Crippen LogP contribution in [0.3, 0.4) is 0 Å². The van der Waals surface area contributed by atoms with Gasteiger partial charge in [0.2, 0.25) is 5.91 Å². The van der Waals surface area contributed by atoms with Gasteiger partial charge in [-0.1, -0.05) is 18.2 Å². The van der Waals surface area contributed by atoms with Gasteiger partial charge in [0.25, 0.3) is 0 Å². The van der Waals surface area contributed by atoms with Crippen LogP contribution in [0.4, 0.5) is 5.69 Å². The number of sulfone groups is 1. The number of carbonyl (C=O) groups is 1. The number of anilines is 1. The number of rotatable bonds is 3. The molecule has 6 rings (SSSR count). The van der Waals surface area contributed by atoms with Crippen LogP contribution in [0, 0.1) is 23.2 Å². The second-order valence-electron chi connectivity index (χ2n) is 8.93. The Labute approximate surface area is 155 Å². The molecule has 138 valence electrons. The van der Waals surface area contributed by atoms with Gasteiger partial charge in [-0.25, -0.2) is 8.42 Å². The van der Waals surface area contributed by atoms with E-state index in [1.54, 1.807) is 11.0 Å². The first-order valence-corrected chi connectivity index (χ1v) is 11.5. The molecule has 5 aliphatic rings. The predicted octanol–water partition coefficient (Wildman–Crippen LogP) is 3.55. The molecule has 1 aromatic carbocycles. The van der Waals surface area contributed by atoms with Gasteiger partial charge in [0, 0.05) is 11.1 Å². The van der Waals surface area contributed by atoms with Crippen molar-refractivity contribution in [3.8, 4) is 0 Å². The third-order valence-corrected chi connectivity index (χ3v) is 8.37. The van der Waals surface area contributed by atoms with Crippen molar-refractivity contribution in [2.75, 3.05) is 10.7 Å². The average molecular weight is 372 g/mol. The number of benzene rings is 1. The summed E-state index contributed by atoms with van der Waals surface area (Å²) in [6.45, 7) is 0. The molecule has 5 heteroatoms. The lowest BCUT2D eigenvalue weighted by Gasteiger charge is -2.57. The van der Waals surface area contributed by atoms with Gasteiger partial charge in [-0.2, -0.15) is 0 Å². The minimum Gasteiger partial charge on any atom is -0.304 e. The smallest absolute Gasteiger partial charge is 0.233 e. The number of nitrogens with zero attached hydrogens (tertiary/aromatic N) is 1. The molecule has 0 spiro atoms. The molecule has 4 nitrogen and oxygen atoms in total. The summed E-state index contributed by atoms with van der Waals surface area (Å²) in [4.78, 5) is 15.7. The van der Waals surface area contributed by atoms with E-state index in [2.05, 4.69) is 0 Å². The lowest BCUT2D eigenvalue weighted by atomic mass is 9.49. The highest BCUT2D eigenvalue weighted by Gasteiger charge is 2.56. The van der Waals surface area contributed by atoms with E-state index in [9.17, 15) is 13.2 Å². The summed E-state index contributed by atoms with van der Waals surface area (Å²) in [5.74, 6) is 2.22. The van der Waals surface area contributed by atoms with Gasteiger partial charge in [-0.15, -0.1) is 0 Å². The maximum absolute atomic E-state index is 13.9. The maximum atomic E-state index is 13.9. The van der Waals surface area contributed by atoms with E-state index in [4.69, 9.17) is 0 Å². The van der Waals surface area contributed by atoms with Crippen molar-refractivity contribution in [1.82, 2.24) is 0 Å². The third-order valence-electron chi connectivity index (χ3n) is 6.99. The van der Waals surface area contributed by atoms with Crippen LogP contribution in [-0.2, 0) is 14.6 Å². The summed E-state index contributed by atoms with van der Waals surface area (Å²) < 4.78 is 24.0. The molecular weight excluding hydrogens is 346 g/mol. The van der Waals surface area contributed by atoms with E-state index in [1.807, 2.05) is 30.3 Å². The Morgan fingerprint density at radius 3 is 2.04 bits per heavy atom. The molecule has 4 aliphatic carbocycles. The fourth-order valence-electron chi connectivity index (χ4n) is 6.40. The molecule has 4 fully saturated rings. The quantitative estimate of drug-likeness (QED) is 0.816. The molecule has 0 aromatic heterocycles. The van der Waals surface area contributed by atoms with Crippen LogP contribution < -0.4 is 4.90 Å². The fraction of sp³-hybridized carbons (Fsp3) is 0.571. The zero-order valence-corrected chi connectivity index (χ0v) is 15.7. The van der Waals surface area contributed by atoms with Gasteiger partial charge in [0.1, 0.15) is 0 Å². The van der Waals surface area contributed by atoms with Crippen LogP contribution in [0.25, 0.3) is 0 Å². The van der Waals surface area contributed by atoms with Crippen molar-refractivity contribution < 1.29 is 13.2 Å². The topological polar surface area (TPSA) is 54.5 Å². The lowest BCUT2D eigenvalue weighted by molar-refractivity contribution is -0.143. The summed E-state index contributed by atoms with van der Waals surface area (Å²) in [5.41, 5.74) is 0.546. The van der Waals surface area contributed by atoms with Crippen molar-refractivity contribution in [2.24, 2.45) is 23.2 Å². The van der Waals surface area contributed by atoms with Crippen LogP contribution in [0.15, 0.2) is 41.8 Å². The van der Waals surface area contributed by atoms with Crippen LogP contribution in [0.5, 0.6) is 0 Å². The Balaban J connectivity index is 1.53. The third kappa shape index (κ3) is 2.63. The zero-order valence-electron chi connectivity index (χ0n) is 14.9. The number of para-hydroxylation sites is 1. The molecule has 4 saturated carbocycles. The molecule has 0 N–H and O–H groups in total. The molecule has 0 unspecified atom stereocenters. The van der Waals surface area contributed by atoms with Crippen molar-refractivity contribution >= 4 is 21.4 Å². The van der Waals surface area contributed by atoms with Gasteiger partial charge in [0.05, 0.1) is 17.2 Å². The van der Waals surface area contributed by atoms with Crippen LogP contribution in [0.1, 0.15) is 38.5 Å². The molecular formula is C21H25NO3S. The molecule has 1 aromatic rings. The molecule has 1 atom stereocenters. The molecule has 4 bridgehead atoms. The SMILES string of the molecule is O=C(N(c1ccccc1)[C@H]1C=CS(=O)(=O)C1)C12CC3CC(CC(C3)C1)C2. The van der Waals surface area contributed by atoms with E-state index in [0.717, 1.165) is 24.9 Å². The predicted molar refractivity (Wildman–Crippen MR) is 101 cm³/mol. The van der Waals surface area contributed by atoms with E-state index in [0.29, 0.717) is 17.8 Å². The maximum Gasteiger partial charge on any atom is 0.233 e. The number of amides is 1. The first-order chi connectivity index (χ1) is 12.4. The van der Waals surface area contributed by atoms with Gasteiger partial charge < -0.3 is 4.90 Å². The average Bonchev–Trinajstić information content (AvgIpc) is 2.94. The summed E-state index contributed by atoms with van der Waals surface area (Å²) in [5, 5.41) is 1.28. The molecule has 1 amide bonds. The first kappa shape index (κ1) is 16.5. The monoisotopic (exact) mass is 371 g/mol. The van der Waals surface area contributed by atoms with Crippen LogP contribution >= 0.6 is 0 Å². The zero-order chi connectivity index (χ0) is 17.9. The van der Waals surface area contributed by atoms with Gasteiger partial charge >= 0.3 is 0 Å². The second kappa shape index (κ2) is 5.69. The van der Waals surface area contributed by atoms with Crippen molar-refractivity contribution in [3.05, 3.63) is 41.8 Å². The lowest BCUT2D eigenvalue weighted by Crippen LogP contribution is -2.57. The van der Waals surface area contributed by atoms with Crippen molar-refractivity contribution in [3.63, 3.8) is 0 Å². The minimum atomic E-state index is -3.21. The highest BCUT2D eigenvalue weighted by Crippen LogP contribution is 2.60. The molecule has 26 heavy (non-hydrogen) atoms. The van der Waals surface area contributed by atoms with Gasteiger partial charge in [-0.05, 0) is 74.5 Å². The Morgan fingerprint density at radius 2 is 1.54 bits per heavy atom. The normalized spacial score (nSPS) is 39.2. The summed E-state index contributed by atoms with van der Waals surface area (Å²) in [7, 11) is -3.21. The second-order valence-corrected chi connectivity index (χ2v) is 10.9. The molecule has 1 heterocycles. The fourth-order valence-corrected chi connectivity index (χ4v) is 7.66.